The Hall–Kier alpha value is -1.78. The van der Waals surface area contributed by atoms with Gasteiger partial charge in [-0.15, -0.1) is 0 Å². The molecule has 1 aromatic heterocycles. The highest BCUT2D eigenvalue weighted by molar-refractivity contribution is 5.76. The molecule has 1 heterocycles. The molecule has 2 nitrogen and oxygen atoms in total. The van der Waals surface area contributed by atoms with Crippen molar-refractivity contribution in [2.45, 2.75) is 6.18 Å². The van der Waals surface area contributed by atoms with Gasteiger partial charge in [-0.3, -0.25) is 0 Å². The zero-order valence-electron chi connectivity index (χ0n) is 7.26. The van der Waals surface area contributed by atoms with Gasteiger partial charge in [-0.1, -0.05) is 12.1 Å². The van der Waals surface area contributed by atoms with Crippen molar-refractivity contribution in [1.29, 1.82) is 0 Å². The second-order valence-corrected chi connectivity index (χ2v) is 2.91. The predicted molar refractivity (Wildman–Crippen MR) is 46.3 cm³/mol. The van der Waals surface area contributed by atoms with Crippen molar-refractivity contribution in [2.24, 2.45) is 0 Å². The first-order valence-corrected chi connectivity index (χ1v) is 3.99. The molecule has 15 heavy (non-hydrogen) atoms. The average Bonchev–Trinajstić information content (AvgIpc) is 2.15. The lowest BCUT2D eigenvalue weighted by atomic mass is 10.2. The van der Waals surface area contributed by atoms with Crippen LogP contribution in [0.1, 0.15) is 5.56 Å². The van der Waals surface area contributed by atoms with Crippen LogP contribution in [0.2, 0.25) is 0 Å². The number of hydrogen-bond acceptors (Lipinski definition) is 2. The Morgan fingerprint density at radius 2 is 2.07 bits per heavy atom. The van der Waals surface area contributed by atoms with Gasteiger partial charge in [0.2, 0.25) is 0 Å². The van der Waals surface area contributed by atoms with Crippen LogP contribution in [0.25, 0.3) is 11.0 Å². The van der Waals surface area contributed by atoms with Gasteiger partial charge in [0.25, 0.3) is 0 Å². The van der Waals surface area contributed by atoms with Crippen LogP contribution in [-0.4, -0.2) is 0 Å². The molecule has 0 aliphatic carbocycles. The summed E-state index contributed by atoms with van der Waals surface area (Å²) in [6.45, 7) is 0. The first kappa shape index (κ1) is 9.76. The zero-order valence-corrected chi connectivity index (χ0v) is 7.26. The topological polar surface area (TPSA) is 30.2 Å². The van der Waals surface area contributed by atoms with E-state index < -0.39 is 17.4 Å². The minimum Gasteiger partial charge on any atom is -0.422 e. The number of halogens is 3. The summed E-state index contributed by atoms with van der Waals surface area (Å²) >= 11 is 0. The van der Waals surface area contributed by atoms with E-state index in [1.165, 1.54) is 18.2 Å². The van der Waals surface area contributed by atoms with Crippen LogP contribution in [0.15, 0.2) is 33.5 Å². The van der Waals surface area contributed by atoms with Crippen molar-refractivity contribution in [2.75, 3.05) is 0 Å². The second-order valence-electron chi connectivity index (χ2n) is 2.91. The van der Waals surface area contributed by atoms with E-state index in [4.69, 9.17) is 0 Å². The highest BCUT2D eigenvalue weighted by Gasteiger charge is 2.35. The zero-order chi connectivity index (χ0) is 11.1. The summed E-state index contributed by atoms with van der Waals surface area (Å²) in [6, 6.07) is 7.54. The van der Waals surface area contributed by atoms with Gasteiger partial charge >= 0.3 is 11.8 Å². The Morgan fingerprint density at radius 3 is 2.73 bits per heavy atom. The van der Waals surface area contributed by atoms with Gasteiger partial charge < -0.3 is 4.42 Å². The van der Waals surface area contributed by atoms with E-state index in [9.17, 15) is 18.0 Å². The summed E-state index contributed by atoms with van der Waals surface area (Å²) in [5.41, 5.74) is -2.58. The highest BCUT2D eigenvalue weighted by Crippen LogP contribution is 2.28. The Labute approximate surface area is 81.9 Å². The van der Waals surface area contributed by atoms with Gasteiger partial charge in [-0.05, 0) is 18.2 Å². The van der Waals surface area contributed by atoms with Crippen molar-refractivity contribution in [3.05, 3.63) is 46.3 Å². The summed E-state index contributed by atoms with van der Waals surface area (Å²) < 4.78 is 41.4. The quantitative estimate of drug-likeness (QED) is 0.629. The van der Waals surface area contributed by atoms with Gasteiger partial charge in [0, 0.05) is 5.39 Å². The van der Waals surface area contributed by atoms with Gasteiger partial charge in [0.15, 0.2) is 0 Å². The standard InChI is InChI=1S/C10H4F3O2/c11-10(12,13)7-5-6-3-1-2-4-8(6)15-9(7)14/h1,3-5H. The van der Waals surface area contributed by atoms with Crippen molar-refractivity contribution in [1.82, 2.24) is 0 Å². The van der Waals surface area contributed by atoms with E-state index in [1.807, 2.05) is 0 Å². The van der Waals surface area contributed by atoms with E-state index in [2.05, 4.69) is 10.5 Å². The lowest BCUT2D eigenvalue weighted by Gasteiger charge is -2.05. The normalized spacial score (nSPS) is 11.9. The number of fused-ring (bicyclic) bond motifs is 1. The number of hydrogen-bond donors (Lipinski definition) is 0. The molecule has 0 saturated carbocycles. The van der Waals surface area contributed by atoms with Crippen molar-refractivity contribution < 1.29 is 17.6 Å². The maximum absolute atomic E-state index is 12.3. The van der Waals surface area contributed by atoms with E-state index in [1.54, 1.807) is 0 Å². The molecule has 0 bridgehead atoms. The molecule has 5 heteroatoms. The molecular weight excluding hydrogens is 209 g/mol. The van der Waals surface area contributed by atoms with Crippen molar-refractivity contribution in [3.63, 3.8) is 0 Å². The molecule has 0 saturated heterocycles. The average molecular weight is 213 g/mol. The molecule has 1 aromatic carbocycles. The highest BCUT2D eigenvalue weighted by atomic mass is 19.4. The van der Waals surface area contributed by atoms with Crippen molar-refractivity contribution >= 4 is 11.0 Å². The Balaban J connectivity index is 2.79. The molecule has 0 aliphatic rings. The maximum Gasteiger partial charge on any atom is 0.423 e. The van der Waals surface area contributed by atoms with Gasteiger partial charge in [0.05, 0.1) is 0 Å². The maximum atomic E-state index is 12.3. The Kier molecular flexibility index (Phi) is 2.03. The minimum atomic E-state index is -4.69. The van der Waals surface area contributed by atoms with E-state index in [0.29, 0.717) is 0 Å². The molecule has 0 unspecified atom stereocenters. The van der Waals surface area contributed by atoms with E-state index in [0.717, 1.165) is 6.07 Å². The summed E-state index contributed by atoms with van der Waals surface area (Å²) in [5, 5.41) is 0.223. The molecule has 0 fully saturated rings. The molecule has 77 valence electrons. The van der Waals surface area contributed by atoms with Crippen molar-refractivity contribution in [3.8, 4) is 0 Å². The minimum absolute atomic E-state index is 0.0931. The van der Waals surface area contributed by atoms with Crippen LogP contribution in [-0.2, 0) is 6.18 Å². The first-order chi connectivity index (χ1) is 6.98. The van der Waals surface area contributed by atoms with Gasteiger partial charge in [-0.25, -0.2) is 4.79 Å². The number of benzene rings is 1. The van der Waals surface area contributed by atoms with Crippen LogP contribution in [0.3, 0.4) is 0 Å². The van der Waals surface area contributed by atoms with Crippen LogP contribution < -0.4 is 5.63 Å². The second kappa shape index (κ2) is 3.12. The van der Waals surface area contributed by atoms with Gasteiger partial charge in [0.1, 0.15) is 11.1 Å². The molecule has 0 amide bonds. The number of rotatable bonds is 0. The van der Waals surface area contributed by atoms with Gasteiger partial charge in [-0.2, -0.15) is 13.2 Å². The fourth-order valence-electron chi connectivity index (χ4n) is 1.20. The largest absolute Gasteiger partial charge is 0.423 e. The Morgan fingerprint density at radius 1 is 1.33 bits per heavy atom. The molecule has 0 atom stereocenters. The third kappa shape index (κ3) is 1.72. The van der Waals surface area contributed by atoms with E-state index >= 15 is 0 Å². The summed E-state index contributed by atoms with van der Waals surface area (Å²) in [6.07, 6.45) is -4.69. The molecule has 0 aliphatic heterocycles. The SMILES string of the molecule is O=c1oc2c[c]ccc2cc1C(F)(F)F. The summed E-state index contributed by atoms with van der Waals surface area (Å²) in [5.74, 6) is 0. The smallest absolute Gasteiger partial charge is 0.422 e. The first-order valence-electron chi connectivity index (χ1n) is 3.99. The fraction of sp³-hybridized carbons (Fsp3) is 0.100. The molecule has 0 N–H and O–H groups in total. The molecule has 2 rings (SSSR count). The van der Waals surface area contributed by atoms with Crippen LogP contribution in [0.5, 0.6) is 0 Å². The summed E-state index contributed by atoms with van der Waals surface area (Å²) in [4.78, 5) is 11.0. The molecular formula is C10H4F3O2. The molecule has 0 spiro atoms. The lowest BCUT2D eigenvalue weighted by Crippen LogP contribution is -2.17. The fourth-order valence-corrected chi connectivity index (χ4v) is 1.20. The Bertz CT molecular complexity index is 554. The number of alkyl halides is 3. The van der Waals surface area contributed by atoms with Crippen LogP contribution >= 0.6 is 0 Å². The third-order valence-corrected chi connectivity index (χ3v) is 1.89. The monoisotopic (exact) mass is 213 g/mol. The van der Waals surface area contributed by atoms with Crippen LogP contribution in [0, 0.1) is 6.07 Å². The van der Waals surface area contributed by atoms with E-state index in [-0.39, 0.29) is 11.0 Å². The summed E-state index contributed by atoms with van der Waals surface area (Å²) in [7, 11) is 0. The molecule has 1 radical (unpaired) electrons. The third-order valence-electron chi connectivity index (χ3n) is 1.89. The molecule has 2 aromatic rings. The lowest BCUT2D eigenvalue weighted by molar-refractivity contribution is -0.139. The predicted octanol–water partition coefficient (Wildman–Crippen LogP) is 2.61. The van der Waals surface area contributed by atoms with Crippen LogP contribution in [0.4, 0.5) is 13.2 Å².